The SMILES string of the molecule is O=C(Nc1ccccc1C(=O)Nc1nccs1)c1ccc(Cl)cc1Cl. The number of thiazole rings is 1. The quantitative estimate of drug-likeness (QED) is 0.660. The summed E-state index contributed by atoms with van der Waals surface area (Å²) in [5.41, 5.74) is 0.949. The molecule has 3 rings (SSSR count). The van der Waals surface area contributed by atoms with Crippen LogP contribution in [0.2, 0.25) is 10.0 Å². The van der Waals surface area contributed by atoms with Crippen molar-refractivity contribution in [2.75, 3.05) is 10.6 Å². The Morgan fingerprint density at radius 3 is 2.44 bits per heavy atom. The molecule has 3 aromatic rings. The number of benzene rings is 2. The zero-order valence-corrected chi connectivity index (χ0v) is 15.0. The molecule has 0 aliphatic rings. The predicted molar refractivity (Wildman–Crippen MR) is 101 cm³/mol. The molecular formula is C17H11Cl2N3O2S. The fourth-order valence-electron chi connectivity index (χ4n) is 2.10. The van der Waals surface area contributed by atoms with Crippen LogP contribution in [0.3, 0.4) is 0 Å². The number of halogens is 2. The first-order chi connectivity index (χ1) is 12.0. The van der Waals surface area contributed by atoms with Gasteiger partial charge in [0.2, 0.25) is 0 Å². The molecule has 0 atom stereocenters. The number of hydrogen-bond donors (Lipinski definition) is 2. The minimum absolute atomic E-state index is 0.231. The second kappa shape index (κ2) is 7.65. The second-order valence-electron chi connectivity index (χ2n) is 4.92. The Morgan fingerprint density at radius 2 is 1.72 bits per heavy atom. The molecule has 2 amide bonds. The summed E-state index contributed by atoms with van der Waals surface area (Å²) in [6, 6.07) is 11.3. The van der Waals surface area contributed by atoms with Crippen LogP contribution in [0.25, 0.3) is 0 Å². The largest absolute Gasteiger partial charge is 0.321 e. The first-order valence-corrected chi connectivity index (χ1v) is 8.74. The molecule has 8 heteroatoms. The Kier molecular flexibility index (Phi) is 5.33. The van der Waals surface area contributed by atoms with Gasteiger partial charge in [-0.15, -0.1) is 11.3 Å². The molecule has 0 radical (unpaired) electrons. The highest BCUT2D eigenvalue weighted by atomic mass is 35.5. The van der Waals surface area contributed by atoms with Crippen molar-refractivity contribution in [1.82, 2.24) is 4.98 Å². The lowest BCUT2D eigenvalue weighted by Gasteiger charge is -2.11. The zero-order valence-electron chi connectivity index (χ0n) is 12.6. The standard InChI is InChI=1S/C17H11Cl2N3O2S/c18-10-5-6-11(13(19)9-10)15(23)21-14-4-2-1-3-12(14)16(24)22-17-20-7-8-25-17/h1-9H,(H,21,23)(H,20,22,24). The number of aromatic nitrogens is 1. The van der Waals surface area contributed by atoms with Gasteiger partial charge in [0.25, 0.3) is 11.8 Å². The van der Waals surface area contributed by atoms with Crippen molar-refractivity contribution in [3.63, 3.8) is 0 Å². The maximum absolute atomic E-state index is 12.5. The van der Waals surface area contributed by atoms with Crippen molar-refractivity contribution in [3.05, 3.63) is 75.2 Å². The van der Waals surface area contributed by atoms with Crippen LogP contribution in [0.4, 0.5) is 10.8 Å². The van der Waals surface area contributed by atoms with Crippen molar-refractivity contribution >= 4 is 57.2 Å². The number of nitrogens with zero attached hydrogens (tertiary/aromatic N) is 1. The zero-order chi connectivity index (χ0) is 17.8. The average Bonchev–Trinajstić information content (AvgIpc) is 3.08. The molecule has 0 aliphatic carbocycles. The maximum Gasteiger partial charge on any atom is 0.259 e. The maximum atomic E-state index is 12.5. The minimum atomic E-state index is -0.434. The van der Waals surface area contributed by atoms with Gasteiger partial charge in [-0.3, -0.25) is 14.9 Å². The molecule has 0 saturated heterocycles. The highest BCUT2D eigenvalue weighted by Crippen LogP contribution is 2.24. The van der Waals surface area contributed by atoms with E-state index in [1.807, 2.05) is 0 Å². The Balaban J connectivity index is 1.83. The third-order valence-electron chi connectivity index (χ3n) is 3.25. The van der Waals surface area contributed by atoms with Crippen LogP contribution in [0.15, 0.2) is 54.0 Å². The normalized spacial score (nSPS) is 10.3. The Hall–Kier alpha value is -2.41. The molecule has 25 heavy (non-hydrogen) atoms. The minimum Gasteiger partial charge on any atom is -0.321 e. The van der Waals surface area contributed by atoms with E-state index in [4.69, 9.17) is 23.2 Å². The summed E-state index contributed by atoms with van der Waals surface area (Å²) < 4.78 is 0. The summed E-state index contributed by atoms with van der Waals surface area (Å²) in [5.74, 6) is -0.802. The molecule has 0 fully saturated rings. The molecule has 0 unspecified atom stereocenters. The van der Waals surface area contributed by atoms with Crippen molar-refractivity contribution in [3.8, 4) is 0 Å². The van der Waals surface area contributed by atoms with Crippen molar-refractivity contribution < 1.29 is 9.59 Å². The predicted octanol–water partition coefficient (Wildman–Crippen LogP) is 4.95. The van der Waals surface area contributed by atoms with E-state index in [2.05, 4.69) is 15.6 Å². The van der Waals surface area contributed by atoms with Gasteiger partial charge in [0.1, 0.15) is 0 Å². The van der Waals surface area contributed by atoms with E-state index in [9.17, 15) is 9.59 Å². The number of amides is 2. The fraction of sp³-hybridized carbons (Fsp3) is 0. The number of nitrogens with one attached hydrogen (secondary N) is 2. The van der Waals surface area contributed by atoms with E-state index >= 15 is 0 Å². The topological polar surface area (TPSA) is 71.1 Å². The van der Waals surface area contributed by atoms with E-state index in [1.54, 1.807) is 41.9 Å². The molecule has 1 aromatic heterocycles. The Morgan fingerprint density at radius 1 is 0.960 bits per heavy atom. The van der Waals surface area contributed by atoms with Gasteiger partial charge in [-0.1, -0.05) is 35.3 Å². The van der Waals surface area contributed by atoms with E-state index in [0.29, 0.717) is 21.4 Å². The Labute approximate surface area is 157 Å². The lowest BCUT2D eigenvalue weighted by molar-refractivity contribution is 0.102. The second-order valence-corrected chi connectivity index (χ2v) is 6.65. The highest BCUT2D eigenvalue weighted by Gasteiger charge is 2.16. The Bertz CT molecular complexity index is 929. The van der Waals surface area contributed by atoms with Crippen LogP contribution in [-0.2, 0) is 0 Å². The number of anilines is 2. The molecular weight excluding hydrogens is 381 g/mol. The third-order valence-corrected chi connectivity index (χ3v) is 4.48. The van der Waals surface area contributed by atoms with E-state index in [1.165, 1.54) is 23.5 Å². The van der Waals surface area contributed by atoms with Gasteiger partial charge < -0.3 is 5.32 Å². The summed E-state index contributed by atoms with van der Waals surface area (Å²) in [6.45, 7) is 0. The van der Waals surface area contributed by atoms with E-state index in [-0.39, 0.29) is 16.5 Å². The monoisotopic (exact) mass is 391 g/mol. The fourth-order valence-corrected chi connectivity index (χ4v) is 3.12. The van der Waals surface area contributed by atoms with Crippen LogP contribution in [0.1, 0.15) is 20.7 Å². The van der Waals surface area contributed by atoms with Crippen molar-refractivity contribution in [1.29, 1.82) is 0 Å². The number of rotatable bonds is 4. The smallest absolute Gasteiger partial charge is 0.259 e. The first-order valence-electron chi connectivity index (χ1n) is 7.11. The lowest BCUT2D eigenvalue weighted by Crippen LogP contribution is -2.18. The molecule has 0 saturated carbocycles. The summed E-state index contributed by atoms with van der Waals surface area (Å²) >= 11 is 13.2. The first kappa shape index (κ1) is 17.4. The van der Waals surface area contributed by atoms with Crippen LogP contribution in [0, 0.1) is 0 Å². The van der Waals surface area contributed by atoms with E-state index in [0.717, 1.165) is 0 Å². The molecule has 126 valence electrons. The highest BCUT2D eigenvalue weighted by molar-refractivity contribution is 7.13. The molecule has 5 nitrogen and oxygen atoms in total. The average molecular weight is 392 g/mol. The summed E-state index contributed by atoms with van der Waals surface area (Å²) in [5, 5.41) is 8.29. The lowest BCUT2D eigenvalue weighted by atomic mass is 10.1. The van der Waals surface area contributed by atoms with Gasteiger partial charge in [0.05, 0.1) is 21.8 Å². The molecule has 0 aliphatic heterocycles. The van der Waals surface area contributed by atoms with E-state index < -0.39 is 5.91 Å². The van der Waals surface area contributed by atoms with Crippen LogP contribution in [-0.4, -0.2) is 16.8 Å². The third kappa shape index (κ3) is 4.17. The van der Waals surface area contributed by atoms with Crippen LogP contribution < -0.4 is 10.6 Å². The van der Waals surface area contributed by atoms with Gasteiger partial charge in [-0.25, -0.2) is 4.98 Å². The van der Waals surface area contributed by atoms with Gasteiger partial charge >= 0.3 is 0 Å². The van der Waals surface area contributed by atoms with Gasteiger partial charge in [-0.2, -0.15) is 0 Å². The van der Waals surface area contributed by atoms with Gasteiger partial charge in [0, 0.05) is 16.6 Å². The number of para-hydroxylation sites is 1. The van der Waals surface area contributed by atoms with Gasteiger partial charge in [-0.05, 0) is 30.3 Å². The molecule has 0 spiro atoms. The summed E-state index contributed by atoms with van der Waals surface area (Å²) in [7, 11) is 0. The van der Waals surface area contributed by atoms with Crippen molar-refractivity contribution in [2.45, 2.75) is 0 Å². The molecule has 1 heterocycles. The number of hydrogen-bond acceptors (Lipinski definition) is 4. The van der Waals surface area contributed by atoms with Crippen LogP contribution in [0.5, 0.6) is 0 Å². The summed E-state index contributed by atoms with van der Waals surface area (Å²) in [4.78, 5) is 28.9. The molecule has 2 N–H and O–H groups in total. The summed E-state index contributed by atoms with van der Waals surface area (Å²) in [6.07, 6.45) is 1.59. The van der Waals surface area contributed by atoms with Crippen LogP contribution >= 0.6 is 34.5 Å². The number of carbonyl (C=O) groups is 2. The van der Waals surface area contributed by atoms with Gasteiger partial charge in [0.15, 0.2) is 5.13 Å². The van der Waals surface area contributed by atoms with Crippen molar-refractivity contribution in [2.24, 2.45) is 0 Å². The molecule has 0 bridgehead atoms. The molecule has 2 aromatic carbocycles. The number of carbonyl (C=O) groups excluding carboxylic acids is 2.